The van der Waals surface area contributed by atoms with Gasteiger partial charge in [-0.3, -0.25) is 9.59 Å². The number of carboxylic acids is 1. The summed E-state index contributed by atoms with van der Waals surface area (Å²) < 4.78 is 0. The number of carbonyl (C=O) groups excluding carboxylic acids is 1. The molecule has 0 unspecified atom stereocenters. The van der Waals surface area contributed by atoms with Gasteiger partial charge in [0.2, 0.25) is 11.0 Å². The molecule has 0 saturated heterocycles. The number of aromatic nitrogens is 2. The maximum Gasteiger partial charge on any atom is 0.303 e. The fraction of sp³-hybridized carbons (Fsp3) is 0.167. The van der Waals surface area contributed by atoms with Crippen LogP contribution in [0.25, 0.3) is 10.6 Å². The molecule has 7 heteroatoms. The quantitative estimate of drug-likeness (QED) is 0.872. The highest BCUT2D eigenvalue weighted by molar-refractivity contribution is 7.18. The van der Waals surface area contributed by atoms with Gasteiger partial charge in [0.05, 0.1) is 6.42 Å². The highest BCUT2D eigenvalue weighted by Gasteiger charge is 2.10. The lowest BCUT2D eigenvalue weighted by Crippen LogP contribution is -2.12. The number of nitrogens with one attached hydrogen (secondary N) is 1. The summed E-state index contributed by atoms with van der Waals surface area (Å²) in [5, 5.41) is 19.9. The number of carbonyl (C=O) groups is 2. The molecule has 0 radical (unpaired) electrons. The Balaban J connectivity index is 1.98. The Morgan fingerprint density at radius 2 is 1.89 bits per heavy atom. The first-order chi connectivity index (χ1) is 9.15. The second-order valence-electron chi connectivity index (χ2n) is 3.72. The Labute approximate surface area is 113 Å². The zero-order chi connectivity index (χ0) is 13.7. The second-order valence-corrected chi connectivity index (χ2v) is 4.70. The number of hydrogen-bond donors (Lipinski definition) is 2. The van der Waals surface area contributed by atoms with Crippen molar-refractivity contribution >= 4 is 28.3 Å². The average Bonchev–Trinajstić information content (AvgIpc) is 2.86. The van der Waals surface area contributed by atoms with Crippen molar-refractivity contribution in [3.63, 3.8) is 0 Å². The minimum absolute atomic E-state index is 0.0738. The van der Waals surface area contributed by atoms with Crippen molar-refractivity contribution < 1.29 is 14.7 Å². The molecule has 0 aliphatic heterocycles. The molecule has 0 bridgehead atoms. The number of hydrogen-bond acceptors (Lipinski definition) is 5. The van der Waals surface area contributed by atoms with Crippen LogP contribution in [0.3, 0.4) is 0 Å². The fourth-order valence-electron chi connectivity index (χ4n) is 1.37. The molecular formula is C12H11N3O3S. The van der Waals surface area contributed by atoms with Gasteiger partial charge in [-0.15, -0.1) is 10.2 Å². The molecule has 1 amide bonds. The zero-order valence-corrected chi connectivity index (χ0v) is 10.7. The zero-order valence-electron chi connectivity index (χ0n) is 9.87. The molecule has 1 aromatic heterocycles. The van der Waals surface area contributed by atoms with Crippen LogP contribution >= 0.6 is 11.3 Å². The molecule has 1 heterocycles. The molecule has 19 heavy (non-hydrogen) atoms. The second kappa shape index (κ2) is 6.05. The SMILES string of the molecule is O=C(O)CCC(=O)Nc1nnc(-c2ccccc2)s1. The van der Waals surface area contributed by atoms with E-state index in [1.165, 1.54) is 11.3 Å². The van der Waals surface area contributed by atoms with Crippen molar-refractivity contribution in [3.05, 3.63) is 30.3 Å². The number of carboxylic acid groups (broad SMARTS) is 1. The molecule has 98 valence electrons. The number of rotatable bonds is 5. The standard InChI is InChI=1S/C12H11N3O3S/c16-9(6-7-10(17)18)13-12-15-14-11(19-12)8-4-2-1-3-5-8/h1-5H,6-7H2,(H,17,18)(H,13,15,16). The van der Waals surface area contributed by atoms with Crippen molar-refractivity contribution in [1.82, 2.24) is 10.2 Å². The van der Waals surface area contributed by atoms with Gasteiger partial charge in [0.1, 0.15) is 5.01 Å². The average molecular weight is 277 g/mol. The van der Waals surface area contributed by atoms with E-state index in [1.807, 2.05) is 30.3 Å². The van der Waals surface area contributed by atoms with Crippen molar-refractivity contribution in [1.29, 1.82) is 0 Å². The van der Waals surface area contributed by atoms with Crippen LogP contribution in [0, 0.1) is 0 Å². The van der Waals surface area contributed by atoms with Crippen LogP contribution in [0.1, 0.15) is 12.8 Å². The lowest BCUT2D eigenvalue weighted by atomic mass is 10.2. The Bertz CT molecular complexity index is 583. The van der Waals surface area contributed by atoms with E-state index in [-0.39, 0.29) is 18.7 Å². The Hall–Kier alpha value is -2.28. The van der Waals surface area contributed by atoms with E-state index >= 15 is 0 Å². The van der Waals surface area contributed by atoms with E-state index in [1.54, 1.807) is 0 Å². The van der Waals surface area contributed by atoms with Crippen LogP contribution < -0.4 is 5.32 Å². The molecule has 2 rings (SSSR count). The van der Waals surface area contributed by atoms with Gasteiger partial charge < -0.3 is 10.4 Å². The normalized spacial score (nSPS) is 10.1. The molecule has 0 saturated carbocycles. The topological polar surface area (TPSA) is 92.2 Å². The Morgan fingerprint density at radius 3 is 2.58 bits per heavy atom. The molecule has 0 fully saturated rings. The summed E-state index contributed by atoms with van der Waals surface area (Å²) in [6.07, 6.45) is -0.272. The smallest absolute Gasteiger partial charge is 0.303 e. The summed E-state index contributed by atoms with van der Waals surface area (Å²) in [4.78, 5) is 21.8. The monoisotopic (exact) mass is 277 g/mol. The van der Waals surface area contributed by atoms with Gasteiger partial charge in [-0.25, -0.2) is 0 Å². The fourth-order valence-corrected chi connectivity index (χ4v) is 2.14. The molecule has 2 N–H and O–H groups in total. The van der Waals surface area contributed by atoms with Crippen molar-refractivity contribution in [2.45, 2.75) is 12.8 Å². The van der Waals surface area contributed by atoms with Gasteiger partial charge in [-0.2, -0.15) is 0 Å². The minimum atomic E-state index is -1.00. The largest absolute Gasteiger partial charge is 0.481 e. The summed E-state index contributed by atoms with van der Waals surface area (Å²) in [6, 6.07) is 9.48. The molecule has 6 nitrogen and oxygen atoms in total. The van der Waals surface area contributed by atoms with Crippen LogP contribution in [0.4, 0.5) is 5.13 Å². The third-order valence-electron chi connectivity index (χ3n) is 2.26. The van der Waals surface area contributed by atoms with Crippen LogP contribution in [0.2, 0.25) is 0 Å². The molecule has 0 aliphatic rings. The molecule has 0 atom stereocenters. The number of nitrogens with zero attached hydrogens (tertiary/aromatic N) is 2. The van der Waals surface area contributed by atoms with E-state index in [2.05, 4.69) is 15.5 Å². The Morgan fingerprint density at radius 1 is 1.16 bits per heavy atom. The predicted octanol–water partition coefficient (Wildman–Crippen LogP) is 2.01. The van der Waals surface area contributed by atoms with Crippen molar-refractivity contribution in [2.75, 3.05) is 5.32 Å². The van der Waals surface area contributed by atoms with Gasteiger partial charge >= 0.3 is 5.97 Å². The Kier molecular flexibility index (Phi) is 4.19. The number of aliphatic carboxylic acids is 1. The van der Waals surface area contributed by atoms with Gasteiger partial charge in [-0.1, -0.05) is 41.7 Å². The van der Waals surface area contributed by atoms with Crippen molar-refractivity contribution in [3.8, 4) is 10.6 Å². The van der Waals surface area contributed by atoms with E-state index in [0.29, 0.717) is 10.1 Å². The number of amides is 1. The van der Waals surface area contributed by atoms with Crippen LogP contribution in [-0.4, -0.2) is 27.2 Å². The number of benzene rings is 1. The van der Waals surface area contributed by atoms with Crippen LogP contribution in [0.5, 0.6) is 0 Å². The van der Waals surface area contributed by atoms with Crippen LogP contribution in [0.15, 0.2) is 30.3 Å². The van der Waals surface area contributed by atoms with Crippen molar-refractivity contribution in [2.24, 2.45) is 0 Å². The third-order valence-corrected chi connectivity index (χ3v) is 3.15. The lowest BCUT2D eigenvalue weighted by Gasteiger charge is -1.97. The van der Waals surface area contributed by atoms with Gasteiger partial charge in [0, 0.05) is 12.0 Å². The molecule has 1 aromatic carbocycles. The van der Waals surface area contributed by atoms with Gasteiger partial charge in [0.15, 0.2) is 0 Å². The first kappa shape index (κ1) is 13.2. The highest BCUT2D eigenvalue weighted by Crippen LogP contribution is 2.25. The molecule has 0 aliphatic carbocycles. The van der Waals surface area contributed by atoms with Crippen LogP contribution in [-0.2, 0) is 9.59 Å². The van der Waals surface area contributed by atoms with E-state index in [4.69, 9.17) is 5.11 Å². The highest BCUT2D eigenvalue weighted by atomic mass is 32.1. The first-order valence-corrected chi connectivity index (χ1v) is 6.37. The summed E-state index contributed by atoms with van der Waals surface area (Å²) in [7, 11) is 0. The summed E-state index contributed by atoms with van der Waals surface area (Å²) >= 11 is 1.25. The van der Waals surface area contributed by atoms with Gasteiger partial charge in [0.25, 0.3) is 0 Å². The number of anilines is 1. The van der Waals surface area contributed by atoms with Gasteiger partial charge in [-0.05, 0) is 0 Å². The third kappa shape index (κ3) is 3.85. The molecule has 2 aromatic rings. The maximum absolute atomic E-state index is 11.4. The van der Waals surface area contributed by atoms with E-state index in [0.717, 1.165) is 5.56 Å². The maximum atomic E-state index is 11.4. The lowest BCUT2D eigenvalue weighted by molar-refractivity contribution is -0.138. The minimum Gasteiger partial charge on any atom is -0.481 e. The van der Waals surface area contributed by atoms with E-state index in [9.17, 15) is 9.59 Å². The summed E-state index contributed by atoms with van der Waals surface area (Å²) in [5.74, 6) is -1.38. The predicted molar refractivity (Wildman–Crippen MR) is 70.8 cm³/mol. The summed E-state index contributed by atoms with van der Waals surface area (Å²) in [5.41, 5.74) is 0.922. The molecule has 0 spiro atoms. The molecular weight excluding hydrogens is 266 g/mol. The summed E-state index contributed by atoms with van der Waals surface area (Å²) in [6.45, 7) is 0. The van der Waals surface area contributed by atoms with E-state index < -0.39 is 5.97 Å². The first-order valence-electron chi connectivity index (χ1n) is 5.56.